The molecule has 5 nitrogen and oxygen atoms in total. The fourth-order valence-electron chi connectivity index (χ4n) is 4.42. The smallest absolute Gasteiger partial charge is 0.341 e. The third-order valence-corrected chi connectivity index (χ3v) is 5.77. The fraction of sp³-hybridized carbons (Fsp3) is 0.217. The molecular formula is C23H19NO4. The number of pyridine rings is 1. The van der Waals surface area contributed by atoms with Crippen molar-refractivity contribution in [1.29, 1.82) is 0 Å². The number of aromatic nitrogens is 1. The lowest BCUT2D eigenvalue weighted by Crippen LogP contribution is -2.22. The van der Waals surface area contributed by atoms with Gasteiger partial charge in [0.05, 0.1) is 12.3 Å². The molecule has 1 aromatic heterocycles. The van der Waals surface area contributed by atoms with E-state index in [0.29, 0.717) is 13.2 Å². The van der Waals surface area contributed by atoms with Crippen LogP contribution in [0.15, 0.2) is 47.4 Å². The van der Waals surface area contributed by atoms with Gasteiger partial charge in [-0.2, -0.15) is 0 Å². The second-order valence-electron chi connectivity index (χ2n) is 7.36. The number of ether oxygens (including phenoxy) is 1. The Kier molecular flexibility index (Phi) is 3.66. The van der Waals surface area contributed by atoms with Gasteiger partial charge in [0.15, 0.2) is 5.43 Å². The molecule has 5 heteroatoms. The van der Waals surface area contributed by atoms with Gasteiger partial charge in [-0.1, -0.05) is 24.3 Å². The van der Waals surface area contributed by atoms with E-state index < -0.39 is 11.4 Å². The molecule has 28 heavy (non-hydrogen) atoms. The van der Waals surface area contributed by atoms with Crippen molar-refractivity contribution in [2.75, 3.05) is 6.61 Å². The number of hydrogen-bond donors (Lipinski definition) is 1. The maximum absolute atomic E-state index is 12.4. The zero-order chi connectivity index (χ0) is 19.4. The largest absolute Gasteiger partial charge is 0.492 e. The second kappa shape index (κ2) is 6.09. The molecule has 3 aromatic rings. The lowest BCUT2D eigenvalue weighted by molar-refractivity contribution is 0.0694. The second-order valence-corrected chi connectivity index (χ2v) is 7.36. The highest BCUT2D eigenvalue weighted by atomic mass is 16.5. The Balaban J connectivity index is 1.80. The quantitative estimate of drug-likeness (QED) is 0.744. The molecule has 2 aliphatic heterocycles. The van der Waals surface area contributed by atoms with E-state index in [1.807, 2.05) is 16.7 Å². The highest BCUT2D eigenvalue weighted by Crippen LogP contribution is 2.45. The van der Waals surface area contributed by atoms with Crippen LogP contribution < -0.4 is 10.2 Å². The minimum absolute atomic E-state index is 0.184. The molecule has 5 rings (SSSR count). The van der Waals surface area contributed by atoms with Crippen molar-refractivity contribution in [2.24, 2.45) is 0 Å². The molecule has 0 aliphatic carbocycles. The minimum Gasteiger partial charge on any atom is -0.492 e. The van der Waals surface area contributed by atoms with Crippen molar-refractivity contribution >= 4 is 5.97 Å². The summed E-state index contributed by atoms with van der Waals surface area (Å²) >= 11 is 0. The average molecular weight is 373 g/mol. The van der Waals surface area contributed by atoms with E-state index in [2.05, 4.69) is 25.1 Å². The van der Waals surface area contributed by atoms with Gasteiger partial charge in [0, 0.05) is 41.9 Å². The zero-order valence-electron chi connectivity index (χ0n) is 15.5. The van der Waals surface area contributed by atoms with E-state index in [9.17, 15) is 14.7 Å². The predicted octanol–water partition coefficient (Wildman–Crippen LogP) is 3.68. The summed E-state index contributed by atoms with van der Waals surface area (Å²) in [6, 6.07) is 11.8. The Labute approximate surface area is 161 Å². The number of rotatable bonds is 2. The molecule has 140 valence electrons. The monoisotopic (exact) mass is 373 g/mol. The van der Waals surface area contributed by atoms with Crippen LogP contribution in [0.5, 0.6) is 5.75 Å². The molecule has 1 N–H and O–H groups in total. The summed E-state index contributed by atoms with van der Waals surface area (Å²) in [5.41, 5.74) is 6.89. The van der Waals surface area contributed by atoms with Crippen LogP contribution in [0.1, 0.15) is 27.0 Å². The molecule has 0 amide bonds. The van der Waals surface area contributed by atoms with Crippen LogP contribution in [0, 0.1) is 6.92 Å². The van der Waals surface area contributed by atoms with Crippen molar-refractivity contribution in [3.8, 4) is 28.1 Å². The van der Waals surface area contributed by atoms with E-state index >= 15 is 0 Å². The highest BCUT2D eigenvalue weighted by Gasteiger charge is 2.28. The third-order valence-electron chi connectivity index (χ3n) is 5.77. The summed E-state index contributed by atoms with van der Waals surface area (Å²) in [6.07, 6.45) is 3.12. The molecule has 0 saturated carbocycles. The number of aromatic carboxylic acids is 1. The van der Waals surface area contributed by atoms with Crippen molar-refractivity contribution in [2.45, 2.75) is 26.3 Å². The number of nitrogens with zero attached hydrogens (tertiary/aromatic N) is 1. The Morgan fingerprint density at radius 2 is 1.89 bits per heavy atom. The van der Waals surface area contributed by atoms with Crippen molar-refractivity contribution in [3.05, 3.63) is 75.1 Å². The molecule has 0 saturated heterocycles. The van der Waals surface area contributed by atoms with Crippen molar-refractivity contribution in [1.82, 2.24) is 4.57 Å². The van der Waals surface area contributed by atoms with Crippen molar-refractivity contribution in [3.63, 3.8) is 0 Å². The summed E-state index contributed by atoms with van der Waals surface area (Å²) < 4.78 is 7.91. The van der Waals surface area contributed by atoms with Crippen LogP contribution in [0.3, 0.4) is 0 Å². The number of carboxylic acids is 1. The molecule has 3 heterocycles. The Morgan fingerprint density at radius 3 is 2.68 bits per heavy atom. The van der Waals surface area contributed by atoms with Crippen LogP contribution in [0.2, 0.25) is 0 Å². The SMILES string of the molecule is Cc1ccccc1-c1cc2c(c3c1OCC3)CCn1cc(C(=O)O)c(=O)cc1-2. The summed E-state index contributed by atoms with van der Waals surface area (Å²) in [4.78, 5) is 23.7. The van der Waals surface area contributed by atoms with Gasteiger partial charge in [-0.25, -0.2) is 4.79 Å². The number of aryl methyl sites for hydroxylation is 2. The summed E-state index contributed by atoms with van der Waals surface area (Å²) in [7, 11) is 0. The van der Waals surface area contributed by atoms with E-state index in [1.54, 1.807) is 0 Å². The van der Waals surface area contributed by atoms with Gasteiger partial charge in [0.1, 0.15) is 11.3 Å². The van der Waals surface area contributed by atoms with Crippen LogP contribution in [-0.4, -0.2) is 22.2 Å². The zero-order valence-corrected chi connectivity index (χ0v) is 15.5. The first-order valence-corrected chi connectivity index (χ1v) is 9.40. The van der Waals surface area contributed by atoms with E-state index in [-0.39, 0.29) is 5.56 Å². The minimum atomic E-state index is -1.19. The standard InChI is InChI=1S/C23H19NO4/c1-13-4-2-3-5-14(13)18-10-17-15(16-7-9-28-22(16)18)6-8-24-12-19(23(26)27)21(25)11-20(17)24/h2-5,10-12H,6-9H2,1H3,(H,26,27). The van der Waals surface area contributed by atoms with Crippen molar-refractivity contribution < 1.29 is 14.6 Å². The van der Waals surface area contributed by atoms with Crippen LogP contribution >= 0.6 is 0 Å². The summed E-state index contributed by atoms with van der Waals surface area (Å²) in [6.45, 7) is 3.39. The van der Waals surface area contributed by atoms with E-state index in [1.165, 1.54) is 23.4 Å². The average Bonchev–Trinajstić information content (AvgIpc) is 3.17. The fourth-order valence-corrected chi connectivity index (χ4v) is 4.42. The number of hydrogen-bond acceptors (Lipinski definition) is 3. The Morgan fingerprint density at radius 1 is 1.07 bits per heavy atom. The van der Waals surface area contributed by atoms with E-state index in [4.69, 9.17) is 4.74 Å². The molecular weight excluding hydrogens is 354 g/mol. The van der Waals surface area contributed by atoms with E-state index in [0.717, 1.165) is 46.5 Å². The van der Waals surface area contributed by atoms with Gasteiger partial charge in [0.25, 0.3) is 0 Å². The molecule has 0 unspecified atom stereocenters. The molecule has 2 aromatic carbocycles. The molecule has 0 radical (unpaired) electrons. The molecule has 0 fully saturated rings. The first kappa shape index (κ1) is 16.8. The van der Waals surface area contributed by atoms with Gasteiger partial charge >= 0.3 is 5.97 Å². The number of carbonyl (C=O) groups is 1. The molecule has 0 bridgehead atoms. The van der Waals surface area contributed by atoms with Gasteiger partial charge < -0.3 is 14.4 Å². The summed E-state index contributed by atoms with van der Waals surface area (Å²) in [5, 5.41) is 9.28. The van der Waals surface area contributed by atoms with Crippen LogP contribution in [-0.2, 0) is 19.4 Å². The molecule has 0 spiro atoms. The normalized spacial score (nSPS) is 14.0. The third kappa shape index (κ3) is 2.39. The molecule has 2 aliphatic rings. The van der Waals surface area contributed by atoms with Gasteiger partial charge in [-0.3, -0.25) is 4.79 Å². The Bertz CT molecular complexity index is 1210. The van der Waals surface area contributed by atoms with Gasteiger partial charge in [-0.15, -0.1) is 0 Å². The maximum Gasteiger partial charge on any atom is 0.341 e. The Hall–Kier alpha value is -3.34. The maximum atomic E-state index is 12.4. The predicted molar refractivity (Wildman–Crippen MR) is 106 cm³/mol. The highest BCUT2D eigenvalue weighted by molar-refractivity contribution is 5.88. The summed E-state index contributed by atoms with van der Waals surface area (Å²) in [5.74, 6) is -0.236. The number of carboxylic acid groups (broad SMARTS) is 1. The number of fused-ring (bicyclic) bond motifs is 5. The first-order valence-electron chi connectivity index (χ1n) is 9.40. The lowest BCUT2D eigenvalue weighted by atomic mass is 9.86. The van der Waals surface area contributed by atoms with Crippen LogP contribution in [0.25, 0.3) is 22.4 Å². The van der Waals surface area contributed by atoms with Gasteiger partial charge in [0.2, 0.25) is 0 Å². The number of benzene rings is 2. The topological polar surface area (TPSA) is 68.5 Å². The van der Waals surface area contributed by atoms with Gasteiger partial charge in [-0.05, 0) is 36.1 Å². The molecule has 0 atom stereocenters. The lowest BCUT2D eigenvalue weighted by Gasteiger charge is -2.26. The van der Waals surface area contributed by atoms with Crippen LogP contribution in [0.4, 0.5) is 0 Å². The first-order chi connectivity index (χ1) is 13.5.